The highest BCUT2D eigenvalue weighted by Gasteiger charge is 2.29. The van der Waals surface area contributed by atoms with Crippen LogP contribution in [0, 0.1) is 0 Å². The molecule has 0 saturated carbocycles. The number of likely N-dealkylation sites (tertiary alicyclic amines) is 1. The number of nitrogens with one attached hydrogen (secondary N) is 2. The Morgan fingerprint density at radius 1 is 1.14 bits per heavy atom. The molecule has 0 aliphatic carbocycles. The zero-order valence-corrected chi connectivity index (χ0v) is 20.5. The van der Waals surface area contributed by atoms with Crippen LogP contribution in [0.15, 0.2) is 85.6 Å². The minimum absolute atomic E-state index is 0.267. The van der Waals surface area contributed by atoms with Crippen molar-refractivity contribution >= 4 is 34.1 Å². The Bertz CT molecular complexity index is 1430. The Hall–Kier alpha value is -4.30. The molecule has 0 spiro atoms. The number of hydrogen-bond acceptors (Lipinski definition) is 6. The van der Waals surface area contributed by atoms with E-state index in [2.05, 4.69) is 22.2 Å². The van der Waals surface area contributed by atoms with Gasteiger partial charge in [-0.2, -0.15) is 0 Å². The highest BCUT2D eigenvalue weighted by molar-refractivity contribution is 6.00. The third-order valence-corrected chi connectivity index (χ3v) is 6.32. The van der Waals surface area contributed by atoms with Crippen molar-refractivity contribution in [3.8, 4) is 16.9 Å². The Kier molecular flexibility index (Phi) is 7.09. The van der Waals surface area contributed by atoms with Crippen LogP contribution in [0.5, 0.6) is 5.75 Å². The second-order valence-electron chi connectivity index (χ2n) is 9.08. The fourth-order valence-electron chi connectivity index (χ4n) is 4.40. The largest absolute Gasteiger partial charge is 0.487 e. The Morgan fingerprint density at radius 3 is 2.73 bits per heavy atom. The van der Waals surface area contributed by atoms with Gasteiger partial charge in [0, 0.05) is 41.6 Å². The number of carbonyl (C=O) groups excluding carboxylic acids is 1. The maximum absolute atomic E-state index is 14.3. The fourth-order valence-corrected chi connectivity index (χ4v) is 4.40. The molecule has 1 aliphatic heterocycles. The summed E-state index contributed by atoms with van der Waals surface area (Å²) in [5, 5.41) is 6.93. The van der Waals surface area contributed by atoms with Crippen molar-refractivity contribution in [3.05, 3.63) is 85.6 Å². The summed E-state index contributed by atoms with van der Waals surface area (Å²) < 4.78 is 20.2. The SMILES string of the molecule is C=CC(=O)Nc1cccc(-c2cccc3cnc(Nc4ccc(O[C@H]5CCN(C)C[C@H]5F)cc4)nc23)c1. The van der Waals surface area contributed by atoms with Gasteiger partial charge < -0.3 is 20.3 Å². The number of amides is 1. The summed E-state index contributed by atoms with van der Waals surface area (Å²) >= 11 is 0. The van der Waals surface area contributed by atoms with Crippen molar-refractivity contribution in [2.45, 2.75) is 18.7 Å². The molecule has 1 aliphatic rings. The van der Waals surface area contributed by atoms with Crippen LogP contribution in [-0.2, 0) is 4.79 Å². The molecule has 1 amide bonds. The highest BCUT2D eigenvalue weighted by atomic mass is 19.1. The number of ether oxygens (including phenoxy) is 1. The highest BCUT2D eigenvalue weighted by Crippen LogP contribution is 2.30. The van der Waals surface area contributed by atoms with E-state index >= 15 is 0 Å². The van der Waals surface area contributed by atoms with E-state index in [9.17, 15) is 9.18 Å². The molecule has 0 radical (unpaired) electrons. The third-order valence-electron chi connectivity index (χ3n) is 6.32. The molecule has 1 fully saturated rings. The van der Waals surface area contributed by atoms with E-state index in [1.54, 1.807) is 6.20 Å². The number of nitrogens with zero attached hydrogens (tertiary/aromatic N) is 3. The third kappa shape index (κ3) is 5.76. The van der Waals surface area contributed by atoms with Crippen LogP contribution in [0.3, 0.4) is 0 Å². The first-order valence-electron chi connectivity index (χ1n) is 12.1. The summed E-state index contributed by atoms with van der Waals surface area (Å²) in [6.07, 6.45) is 2.24. The van der Waals surface area contributed by atoms with E-state index in [-0.39, 0.29) is 5.91 Å². The molecule has 188 valence electrons. The number of benzene rings is 3. The van der Waals surface area contributed by atoms with Gasteiger partial charge in [0.25, 0.3) is 0 Å². The fraction of sp³-hybridized carbons (Fsp3) is 0.207. The topological polar surface area (TPSA) is 79.4 Å². The first kappa shape index (κ1) is 24.4. The van der Waals surface area contributed by atoms with Crippen molar-refractivity contribution in [2.24, 2.45) is 0 Å². The Labute approximate surface area is 215 Å². The molecule has 2 atom stereocenters. The molecule has 1 aromatic heterocycles. The van der Waals surface area contributed by atoms with E-state index in [0.29, 0.717) is 30.4 Å². The number of anilines is 3. The van der Waals surface area contributed by atoms with Gasteiger partial charge in [0.15, 0.2) is 0 Å². The monoisotopic (exact) mass is 497 g/mol. The first-order chi connectivity index (χ1) is 18.0. The number of carbonyl (C=O) groups is 1. The molecule has 8 heteroatoms. The number of hydrogen-bond donors (Lipinski definition) is 2. The lowest BCUT2D eigenvalue weighted by molar-refractivity contribution is -0.111. The number of para-hydroxylation sites is 1. The quantitative estimate of drug-likeness (QED) is 0.324. The number of alkyl halides is 1. The number of rotatable bonds is 7. The molecule has 2 heterocycles. The van der Waals surface area contributed by atoms with Gasteiger partial charge in [0.1, 0.15) is 18.0 Å². The van der Waals surface area contributed by atoms with Gasteiger partial charge in [0.05, 0.1) is 5.52 Å². The summed E-state index contributed by atoms with van der Waals surface area (Å²) in [7, 11) is 1.92. The van der Waals surface area contributed by atoms with Crippen molar-refractivity contribution in [3.63, 3.8) is 0 Å². The summed E-state index contributed by atoms with van der Waals surface area (Å²) in [6, 6.07) is 20.8. The summed E-state index contributed by atoms with van der Waals surface area (Å²) in [6.45, 7) is 4.71. The van der Waals surface area contributed by atoms with Gasteiger partial charge in [-0.1, -0.05) is 36.9 Å². The molecule has 2 N–H and O–H groups in total. The number of halogens is 1. The molecular weight excluding hydrogens is 469 g/mol. The molecule has 7 nitrogen and oxygen atoms in total. The minimum atomic E-state index is -1.00. The predicted octanol–water partition coefficient (Wildman–Crippen LogP) is 5.59. The molecule has 4 aromatic rings. The van der Waals surface area contributed by atoms with E-state index in [0.717, 1.165) is 34.3 Å². The number of fused-ring (bicyclic) bond motifs is 1. The summed E-state index contributed by atoms with van der Waals surface area (Å²) in [4.78, 5) is 22.9. The van der Waals surface area contributed by atoms with Crippen LogP contribution in [0.2, 0.25) is 0 Å². The lowest BCUT2D eigenvalue weighted by Gasteiger charge is -2.32. The van der Waals surface area contributed by atoms with Gasteiger partial charge in [-0.25, -0.2) is 14.4 Å². The standard InChI is InChI=1S/C29H28FN5O2/c1-3-27(36)32-22-8-4-6-19(16-22)24-9-5-7-20-17-31-29(34-28(20)24)33-21-10-12-23(13-11-21)37-26-14-15-35(2)18-25(26)30/h3-13,16-17,25-26H,1,14-15,18H2,2H3,(H,32,36)(H,31,33,34)/t25-,26+/m1/s1. The van der Waals surface area contributed by atoms with Gasteiger partial charge >= 0.3 is 0 Å². The molecule has 0 unspecified atom stereocenters. The zero-order valence-electron chi connectivity index (χ0n) is 20.5. The van der Waals surface area contributed by atoms with Crippen molar-refractivity contribution in [2.75, 3.05) is 30.8 Å². The van der Waals surface area contributed by atoms with E-state index in [1.165, 1.54) is 6.08 Å². The summed E-state index contributed by atoms with van der Waals surface area (Å²) in [5.41, 5.74) is 4.08. The van der Waals surface area contributed by atoms with Crippen LogP contribution < -0.4 is 15.4 Å². The summed E-state index contributed by atoms with van der Waals surface area (Å²) in [5.74, 6) is 0.813. The maximum atomic E-state index is 14.3. The minimum Gasteiger partial charge on any atom is -0.487 e. The Morgan fingerprint density at radius 2 is 1.95 bits per heavy atom. The molecular formula is C29H28FN5O2. The second kappa shape index (κ2) is 10.8. The average molecular weight is 498 g/mol. The van der Waals surface area contributed by atoms with Gasteiger partial charge in [-0.15, -0.1) is 0 Å². The lowest BCUT2D eigenvalue weighted by atomic mass is 10.0. The second-order valence-corrected chi connectivity index (χ2v) is 9.08. The lowest BCUT2D eigenvalue weighted by Crippen LogP contribution is -2.45. The maximum Gasteiger partial charge on any atom is 0.247 e. The van der Waals surface area contributed by atoms with Gasteiger partial charge in [-0.3, -0.25) is 4.79 Å². The van der Waals surface area contributed by atoms with Crippen LogP contribution in [0.25, 0.3) is 22.0 Å². The first-order valence-corrected chi connectivity index (χ1v) is 12.1. The Balaban J connectivity index is 1.34. The van der Waals surface area contributed by atoms with Crippen LogP contribution in [-0.4, -0.2) is 53.2 Å². The predicted molar refractivity (Wildman–Crippen MR) is 145 cm³/mol. The zero-order chi connectivity index (χ0) is 25.8. The molecule has 5 rings (SSSR count). The average Bonchev–Trinajstić information content (AvgIpc) is 2.91. The molecule has 1 saturated heterocycles. The number of piperidine rings is 1. The van der Waals surface area contributed by atoms with Crippen LogP contribution >= 0.6 is 0 Å². The normalized spacial score (nSPS) is 17.8. The van der Waals surface area contributed by atoms with Crippen LogP contribution in [0.1, 0.15) is 6.42 Å². The van der Waals surface area contributed by atoms with E-state index in [1.807, 2.05) is 78.7 Å². The smallest absolute Gasteiger partial charge is 0.247 e. The van der Waals surface area contributed by atoms with Gasteiger partial charge in [0.2, 0.25) is 11.9 Å². The van der Waals surface area contributed by atoms with Gasteiger partial charge in [-0.05, 0) is 61.5 Å². The molecule has 37 heavy (non-hydrogen) atoms. The van der Waals surface area contributed by atoms with E-state index < -0.39 is 12.3 Å². The number of aromatic nitrogens is 2. The van der Waals surface area contributed by atoms with Crippen LogP contribution in [0.4, 0.5) is 21.7 Å². The van der Waals surface area contributed by atoms with Crippen molar-refractivity contribution in [1.29, 1.82) is 0 Å². The van der Waals surface area contributed by atoms with Crippen molar-refractivity contribution in [1.82, 2.24) is 14.9 Å². The van der Waals surface area contributed by atoms with E-state index in [4.69, 9.17) is 9.72 Å². The molecule has 0 bridgehead atoms. The molecule has 3 aromatic carbocycles. The van der Waals surface area contributed by atoms with Crippen molar-refractivity contribution < 1.29 is 13.9 Å².